The van der Waals surface area contributed by atoms with Crippen molar-refractivity contribution < 1.29 is 23.8 Å². The number of hydrogen-bond donors (Lipinski definition) is 0. The van der Waals surface area contributed by atoms with Crippen LogP contribution in [0.1, 0.15) is 20.8 Å². The van der Waals surface area contributed by atoms with Gasteiger partial charge in [-0.2, -0.15) is 0 Å². The molecular weight excluding hydrogens is 238 g/mol. The lowest BCUT2D eigenvalue weighted by Gasteiger charge is -2.28. The van der Waals surface area contributed by atoms with Crippen LogP contribution in [0, 0.1) is 0 Å². The van der Waals surface area contributed by atoms with Crippen LogP contribution in [0.5, 0.6) is 0 Å². The van der Waals surface area contributed by atoms with Gasteiger partial charge < -0.3 is 14.2 Å². The minimum absolute atomic E-state index is 0.236. The molecule has 3 rings (SSSR count). The second-order valence-electron chi connectivity index (χ2n) is 5.16. The predicted molar refractivity (Wildman–Crippen MR) is 59.2 cm³/mol. The average Bonchev–Trinajstić information content (AvgIpc) is 2.69. The summed E-state index contributed by atoms with van der Waals surface area (Å²) in [5.74, 6) is -1.30. The third-order valence-corrected chi connectivity index (χ3v) is 3.34. The highest BCUT2D eigenvalue weighted by atomic mass is 16.8. The summed E-state index contributed by atoms with van der Waals surface area (Å²) >= 11 is 0. The second-order valence-corrected chi connectivity index (χ2v) is 5.16. The van der Waals surface area contributed by atoms with Crippen LogP contribution < -0.4 is 0 Å². The summed E-state index contributed by atoms with van der Waals surface area (Å²) in [6.45, 7) is 5.20. The first-order valence-electron chi connectivity index (χ1n) is 5.92. The molecule has 0 aromatic rings. The van der Waals surface area contributed by atoms with Crippen molar-refractivity contribution in [1.29, 1.82) is 0 Å². The van der Waals surface area contributed by atoms with Crippen LogP contribution in [0.2, 0.25) is 0 Å². The number of nitrogens with zero attached hydrogens (tertiary/aromatic N) is 1. The smallest absolute Gasteiger partial charge is 0.253 e. The molecule has 0 bridgehead atoms. The number of ether oxygens (including phenoxy) is 3. The molecule has 3 aliphatic rings. The van der Waals surface area contributed by atoms with Gasteiger partial charge in [-0.3, -0.25) is 14.5 Å². The van der Waals surface area contributed by atoms with Gasteiger partial charge in [-0.1, -0.05) is 0 Å². The zero-order valence-corrected chi connectivity index (χ0v) is 10.5. The number of hydrogen-bond acceptors (Lipinski definition) is 5. The van der Waals surface area contributed by atoms with Crippen molar-refractivity contribution in [2.45, 2.75) is 45.1 Å². The normalized spacial score (nSPS) is 37.3. The van der Waals surface area contributed by atoms with E-state index in [-0.39, 0.29) is 30.6 Å². The van der Waals surface area contributed by atoms with E-state index in [0.717, 1.165) is 5.57 Å². The fourth-order valence-electron chi connectivity index (χ4n) is 2.56. The summed E-state index contributed by atoms with van der Waals surface area (Å²) in [6.07, 6.45) is 0.294. The van der Waals surface area contributed by atoms with Gasteiger partial charge in [-0.25, -0.2) is 0 Å². The largest absolute Gasteiger partial charge is 0.340 e. The van der Waals surface area contributed by atoms with Crippen molar-refractivity contribution in [3.05, 3.63) is 11.6 Å². The highest BCUT2D eigenvalue weighted by molar-refractivity contribution is 6.01. The van der Waals surface area contributed by atoms with E-state index in [0.29, 0.717) is 0 Å². The average molecular weight is 253 g/mol. The van der Waals surface area contributed by atoms with Gasteiger partial charge in [0.25, 0.3) is 5.91 Å². The molecule has 0 unspecified atom stereocenters. The molecule has 18 heavy (non-hydrogen) atoms. The van der Waals surface area contributed by atoms with Crippen molar-refractivity contribution in [3.8, 4) is 0 Å². The standard InChI is InChI=1S/C12H15NO5/c1-6(14)13-5-8-7(4-9(13)15)10-11(16-8)18-12(2,3)17-10/h4,8,10-11H,5H2,1-3H3/t8-,10-,11-/m1/s1. The molecule has 0 N–H and O–H groups in total. The molecule has 6 nitrogen and oxygen atoms in total. The van der Waals surface area contributed by atoms with Crippen LogP contribution in [0.3, 0.4) is 0 Å². The predicted octanol–water partition coefficient (Wildman–Crippen LogP) is 0.178. The van der Waals surface area contributed by atoms with Crippen molar-refractivity contribution >= 4 is 11.8 Å². The summed E-state index contributed by atoms with van der Waals surface area (Å²) in [6, 6.07) is 0. The molecule has 2 amide bonds. The Bertz CT molecular complexity index is 455. The Kier molecular flexibility index (Phi) is 2.38. The third-order valence-electron chi connectivity index (χ3n) is 3.34. The fraction of sp³-hybridized carbons (Fsp3) is 0.667. The Morgan fingerprint density at radius 2 is 2.17 bits per heavy atom. The Morgan fingerprint density at radius 3 is 2.83 bits per heavy atom. The van der Waals surface area contributed by atoms with Gasteiger partial charge in [0.2, 0.25) is 5.91 Å². The third kappa shape index (κ3) is 1.68. The van der Waals surface area contributed by atoms with E-state index < -0.39 is 12.1 Å². The second kappa shape index (κ2) is 3.63. The number of imide groups is 1. The van der Waals surface area contributed by atoms with Crippen molar-refractivity contribution in [1.82, 2.24) is 4.90 Å². The number of carbonyl (C=O) groups is 2. The number of carbonyl (C=O) groups excluding carboxylic acids is 2. The van der Waals surface area contributed by atoms with Gasteiger partial charge in [-0.15, -0.1) is 0 Å². The van der Waals surface area contributed by atoms with Crippen molar-refractivity contribution in [3.63, 3.8) is 0 Å². The SMILES string of the molecule is CC(=O)N1C[C@H]2O[C@@H]3OC(C)(C)O[C@@H]3C2=CC1=O. The van der Waals surface area contributed by atoms with E-state index in [1.54, 1.807) is 13.8 Å². The first-order chi connectivity index (χ1) is 8.37. The number of fused-ring (bicyclic) bond motifs is 3. The molecule has 98 valence electrons. The Labute approximate surface area is 104 Å². The summed E-state index contributed by atoms with van der Waals surface area (Å²) in [4.78, 5) is 24.3. The lowest BCUT2D eigenvalue weighted by molar-refractivity contribution is -0.202. The van der Waals surface area contributed by atoms with Crippen LogP contribution >= 0.6 is 0 Å². The first-order valence-corrected chi connectivity index (χ1v) is 5.92. The van der Waals surface area contributed by atoms with Crippen LogP contribution in [-0.4, -0.2) is 47.5 Å². The van der Waals surface area contributed by atoms with Gasteiger partial charge >= 0.3 is 0 Å². The summed E-state index contributed by atoms with van der Waals surface area (Å²) in [5, 5.41) is 0. The molecule has 6 heteroatoms. The molecule has 2 fully saturated rings. The maximum Gasteiger partial charge on any atom is 0.253 e. The minimum atomic E-state index is -0.706. The monoisotopic (exact) mass is 253 g/mol. The Morgan fingerprint density at radius 1 is 1.44 bits per heavy atom. The minimum Gasteiger partial charge on any atom is -0.340 e. The van der Waals surface area contributed by atoms with Gasteiger partial charge in [0, 0.05) is 13.0 Å². The fourth-order valence-corrected chi connectivity index (χ4v) is 2.56. The molecule has 2 saturated heterocycles. The van der Waals surface area contributed by atoms with Gasteiger partial charge in [0.1, 0.15) is 12.2 Å². The molecule has 0 aromatic carbocycles. The van der Waals surface area contributed by atoms with Crippen LogP contribution in [0.25, 0.3) is 0 Å². The molecule has 0 radical (unpaired) electrons. The maximum atomic E-state index is 11.8. The van der Waals surface area contributed by atoms with Crippen LogP contribution in [-0.2, 0) is 23.8 Å². The highest BCUT2D eigenvalue weighted by Gasteiger charge is 2.53. The van der Waals surface area contributed by atoms with Crippen LogP contribution in [0.15, 0.2) is 11.6 Å². The first kappa shape index (κ1) is 11.8. The zero-order chi connectivity index (χ0) is 13.1. The molecular formula is C12H15NO5. The van der Waals surface area contributed by atoms with Gasteiger partial charge in [0.15, 0.2) is 12.1 Å². The van der Waals surface area contributed by atoms with E-state index >= 15 is 0 Å². The summed E-state index contributed by atoms with van der Waals surface area (Å²) < 4.78 is 17.0. The molecule has 0 aromatic heterocycles. The van der Waals surface area contributed by atoms with E-state index in [1.165, 1.54) is 17.9 Å². The van der Waals surface area contributed by atoms with E-state index in [2.05, 4.69) is 0 Å². The molecule has 0 saturated carbocycles. The van der Waals surface area contributed by atoms with Gasteiger partial charge in [-0.05, 0) is 19.4 Å². The quantitative estimate of drug-likeness (QED) is 0.616. The van der Waals surface area contributed by atoms with E-state index in [4.69, 9.17) is 14.2 Å². The molecule has 0 spiro atoms. The van der Waals surface area contributed by atoms with Crippen molar-refractivity contribution in [2.75, 3.05) is 6.54 Å². The molecule has 3 aliphatic heterocycles. The molecule has 0 aliphatic carbocycles. The lowest BCUT2D eigenvalue weighted by atomic mass is 10.0. The number of rotatable bonds is 0. The van der Waals surface area contributed by atoms with E-state index in [1.807, 2.05) is 0 Å². The van der Waals surface area contributed by atoms with Gasteiger partial charge in [0.05, 0.1) is 6.54 Å². The lowest BCUT2D eigenvalue weighted by Crippen LogP contribution is -2.44. The molecule has 3 heterocycles. The zero-order valence-electron chi connectivity index (χ0n) is 10.5. The summed E-state index contributed by atoms with van der Waals surface area (Å²) in [7, 11) is 0. The number of amides is 2. The highest BCUT2D eigenvalue weighted by Crippen LogP contribution is 2.41. The van der Waals surface area contributed by atoms with E-state index in [9.17, 15) is 9.59 Å². The van der Waals surface area contributed by atoms with Crippen molar-refractivity contribution in [2.24, 2.45) is 0 Å². The Balaban J connectivity index is 1.87. The summed E-state index contributed by atoms with van der Waals surface area (Å²) in [5.41, 5.74) is 0.771. The molecule has 3 atom stereocenters. The van der Waals surface area contributed by atoms with Crippen LogP contribution in [0.4, 0.5) is 0 Å². The topological polar surface area (TPSA) is 65.1 Å². The Hall–Kier alpha value is -1.24. The maximum absolute atomic E-state index is 11.8.